The zero-order valence-corrected chi connectivity index (χ0v) is 14.3. The van der Waals surface area contributed by atoms with Gasteiger partial charge in [-0.05, 0) is 49.2 Å². The van der Waals surface area contributed by atoms with Gasteiger partial charge in [-0.25, -0.2) is 9.69 Å². The van der Waals surface area contributed by atoms with Crippen LogP contribution in [0.25, 0.3) is 0 Å². The van der Waals surface area contributed by atoms with Crippen LogP contribution in [0.15, 0.2) is 36.4 Å². The summed E-state index contributed by atoms with van der Waals surface area (Å²) < 4.78 is 0. The quantitative estimate of drug-likeness (QED) is 0.728. The number of aromatic carboxylic acids is 1. The number of rotatable bonds is 4. The minimum Gasteiger partial charge on any atom is -0.507 e. The van der Waals surface area contributed by atoms with E-state index in [0.29, 0.717) is 0 Å². The van der Waals surface area contributed by atoms with Crippen LogP contribution in [0.5, 0.6) is 5.75 Å². The molecule has 0 bridgehead atoms. The number of carbonyl (C=O) groups is 3. The number of aryl methyl sites for hydroxylation is 1. The number of hydrogen-bond acceptors (Lipinski definition) is 5. The standard InChI is InChI=1S/C19H18N2O5/c1-10-4-3-5-14(11(10)2)20-15-9-17(23)21(18(15)24)12-6-7-16(22)13(8-12)19(25)26/h3-8,15,20,22H,9H2,1-2H3,(H,25,26). The summed E-state index contributed by atoms with van der Waals surface area (Å²) in [6.45, 7) is 3.88. The Bertz CT molecular complexity index is 922. The summed E-state index contributed by atoms with van der Waals surface area (Å²) in [5.41, 5.74) is 2.58. The van der Waals surface area contributed by atoms with E-state index in [9.17, 15) is 19.5 Å². The fraction of sp³-hybridized carbons (Fsp3) is 0.211. The lowest BCUT2D eigenvalue weighted by molar-refractivity contribution is -0.121. The van der Waals surface area contributed by atoms with Crippen LogP contribution in [0.3, 0.4) is 0 Å². The maximum atomic E-state index is 12.7. The summed E-state index contributed by atoms with van der Waals surface area (Å²) in [6, 6.07) is 8.55. The number of carbonyl (C=O) groups excluding carboxylic acids is 2. The van der Waals surface area contributed by atoms with Crippen molar-refractivity contribution in [1.82, 2.24) is 0 Å². The van der Waals surface area contributed by atoms with Gasteiger partial charge in [0.2, 0.25) is 5.91 Å². The van der Waals surface area contributed by atoms with E-state index in [4.69, 9.17) is 5.11 Å². The van der Waals surface area contributed by atoms with Crippen molar-refractivity contribution in [3.05, 3.63) is 53.1 Å². The van der Waals surface area contributed by atoms with Gasteiger partial charge in [0.25, 0.3) is 5.91 Å². The van der Waals surface area contributed by atoms with Crippen molar-refractivity contribution in [3.63, 3.8) is 0 Å². The van der Waals surface area contributed by atoms with Gasteiger partial charge >= 0.3 is 5.97 Å². The van der Waals surface area contributed by atoms with Crippen molar-refractivity contribution >= 4 is 29.2 Å². The van der Waals surface area contributed by atoms with Crippen molar-refractivity contribution in [2.75, 3.05) is 10.2 Å². The lowest BCUT2D eigenvalue weighted by Crippen LogP contribution is -2.35. The molecule has 7 nitrogen and oxygen atoms in total. The number of carboxylic acids is 1. The Morgan fingerprint density at radius 2 is 1.92 bits per heavy atom. The Morgan fingerprint density at radius 1 is 1.19 bits per heavy atom. The summed E-state index contributed by atoms with van der Waals surface area (Å²) in [5.74, 6) is -2.66. The van der Waals surface area contributed by atoms with Crippen molar-refractivity contribution in [2.24, 2.45) is 0 Å². The Kier molecular flexibility index (Phi) is 4.38. The molecule has 1 atom stereocenters. The first-order valence-electron chi connectivity index (χ1n) is 8.05. The molecule has 2 aromatic carbocycles. The molecule has 0 spiro atoms. The first-order valence-corrected chi connectivity index (χ1v) is 8.05. The van der Waals surface area contributed by atoms with Crippen molar-refractivity contribution in [1.29, 1.82) is 0 Å². The smallest absolute Gasteiger partial charge is 0.339 e. The third-order valence-electron chi connectivity index (χ3n) is 4.55. The number of nitrogens with zero attached hydrogens (tertiary/aromatic N) is 1. The van der Waals surface area contributed by atoms with Crippen LogP contribution in [0, 0.1) is 13.8 Å². The highest BCUT2D eigenvalue weighted by atomic mass is 16.4. The molecule has 134 valence electrons. The van der Waals surface area contributed by atoms with E-state index in [1.165, 1.54) is 6.07 Å². The van der Waals surface area contributed by atoms with E-state index in [-0.39, 0.29) is 17.7 Å². The van der Waals surface area contributed by atoms with E-state index in [0.717, 1.165) is 33.8 Å². The minimum absolute atomic E-state index is 0.0322. The number of phenols is 1. The predicted octanol–water partition coefficient (Wildman–Crippen LogP) is 2.45. The topological polar surface area (TPSA) is 107 Å². The minimum atomic E-state index is -1.34. The Balaban J connectivity index is 1.89. The number of aromatic hydroxyl groups is 1. The highest BCUT2D eigenvalue weighted by molar-refractivity contribution is 6.23. The molecule has 2 amide bonds. The van der Waals surface area contributed by atoms with Gasteiger partial charge in [-0.1, -0.05) is 12.1 Å². The van der Waals surface area contributed by atoms with Gasteiger partial charge in [-0.15, -0.1) is 0 Å². The molecule has 0 aliphatic carbocycles. The first-order chi connectivity index (χ1) is 12.3. The Hall–Kier alpha value is -3.35. The molecule has 2 aromatic rings. The molecule has 1 aliphatic heterocycles. The van der Waals surface area contributed by atoms with Gasteiger partial charge < -0.3 is 15.5 Å². The highest BCUT2D eigenvalue weighted by Crippen LogP contribution is 2.30. The van der Waals surface area contributed by atoms with E-state index >= 15 is 0 Å². The molecule has 7 heteroatoms. The number of benzene rings is 2. The maximum absolute atomic E-state index is 12.7. The van der Waals surface area contributed by atoms with Crippen LogP contribution in [0.1, 0.15) is 27.9 Å². The van der Waals surface area contributed by atoms with Gasteiger partial charge in [0.05, 0.1) is 12.1 Å². The molecule has 1 aliphatic rings. The van der Waals surface area contributed by atoms with E-state index in [1.54, 1.807) is 0 Å². The molecular weight excluding hydrogens is 336 g/mol. The third kappa shape index (κ3) is 2.99. The molecule has 1 unspecified atom stereocenters. The SMILES string of the molecule is Cc1cccc(NC2CC(=O)N(c3ccc(O)c(C(=O)O)c3)C2=O)c1C. The summed E-state index contributed by atoms with van der Waals surface area (Å²) in [6.07, 6.45) is -0.0322. The molecule has 1 fully saturated rings. The number of amides is 2. The summed E-state index contributed by atoms with van der Waals surface area (Å²) in [7, 11) is 0. The molecular formula is C19H18N2O5. The lowest BCUT2D eigenvalue weighted by Gasteiger charge is -2.18. The summed E-state index contributed by atoms with van der Waals surface area (Å²) >= 11 is 0. The average molecular weight is 354 g/mol. The Labute approximate surface area is 149 Å². The normalized spacial score (nSPS) is 16.8. The van der Waals surface area contributed by atoms with Gasteiger partial charge in [0.15, 0.2) is 0 Å². The van der Waals surface area contributed by atoms with Crippen molar-refractivity contribution in [3.8, 4) is 5.75 Å². The van der Waals surface area contributed by atoms with Crippen LogP contribution < -0.4 is 10.2 Å². The van der Waals surface area contributed by atoms with Gasteiger partial charge in [0.1, 0.15) is 17.4 Å². The van der Waals surface area contributed by atoms with Crippen LogP contribution in [0.2, 0.25) is 0 Å². The maximum Gasteiger partial charge on any atom is 0.339 e. The van der Waals surface area contributed by atoms with E-state index in [2.05, 4.69) is 5.32 Å². The number of hydrogen-bond donors (Lipinski definition) is 3. The zero-order valence-electron chi connectivity index (χ0n) is 14.3. The van der Waals surface area contributed by atoms with Crippen LogP contribution in [-0.4, -0.2) is 34.0 Å². The number of imide groups is 1. The predicted molar refractivity (Wildman–Crippen MR) is 95.5 cm³/mol. The Morgan fingerprint density at radius 3 is 2.62 bits per heavy atom. The second-order valence-electron chi connectivity index (χ2n) is 6.22. The molecule has 3 rings (SSSR count). The molecule has 1 saturated heterocycles. The molecule has 26 heavy (non-hydrogen) atoms. The van der Waals surface area contributed by atoms with Crippen LogP contribution in [-0.2, 0) is 9.59 Å². The summed E-state index contributed by atoms with van der Waals surface area (Å²) in [5, 5.41) is 21.8. The van der Waals surface area contributed by atoms with Crippen molar-refractivity contribution in [2.45, 2.75) is 26.3 Å². The van der Waals surface area contributed by atoms with Gasteiger partial charge in [0, 0.05) is 5.69 Å². The average Bonchev–Trinajstić information content (AvgIpc) is 2.86. The molecule has 0 saturated carbocycles. The largest absolute Gasteiger partial charge is 0.507 e. The van der Waals surface area contributed by atoms with Gasteiger partial charge in [-0.2, -0.15) is 0 Å². The van der Waals surface area contributed by atoms with E-state index < -0.39 is 29.6 Å². The number of nitrogens with one attached hydrogen (secondary N) is 1. The van der Waals surface area contributed by atoms with Crippen LogP contribution >= 0.6 is 0 Å². The fourth-order valence-electron chi connectivity index (χ4n) is 2.95. The lowest BCUT2D eigenvalue weighted by atomic mass is 10.1. The first kappa shape index (κ1) is 17.5. The van der Waals surface area contributed by atoms with E-state index in [1.807, 2.05) is 32.0 Å². The van der Waals surface area contributed by atoms with Crippen LogP contribution in [0.4, 0.5) is 11.4 Å². The third-order valence-corrected chi connectivity index (χ3v) is 4.55. The number of carboxylic acid groups (broad SMARTS) is 1. The number of anilines is 2. The second-order valence-corrected chi connectivity index (χ2v) is 6.22. The highest BCUT2D eigenvalue weighted by Gasteiger charge is 2.40. The molecule has 0 aromatic heterocycles. The monoisotopic (exact) mass is 354 g/mol. The molecule has 1 heterocycles. The van der Waals surface area contributed by atoms with Crippen molar-refractivity contribution < 1.29 is 24.6 Å². The fourth-order valence-corrected chi connectivity index (χ4v) is 2.95. The second kappa shape index (κ2) is 6.51. The summed E-state index contributed by atoms with van der Waals surface area (Å²) in [4.78, 5) is 37.2. The molecule has 3 N–H and O–H groups in total. The molecule has 0 radical (unpaired) electrons. The van der Waals surface area contributed by atoms with Gasteiger partial charge in [-0.3, -0.25) is 9.59 Å². The zero-order chi connectivity index (χ0) is 19.0.